The van der Waals surface area contributed by atoms with Crippen molar-refractivity contribution in [1.82, 2.24) is 15.6 Å². The van der Waals surface area contributed by atoms with E-state index in [-0.39, 0.29) is 5.75 Å². The van der Waals surface area contributed by atoms with E-state index in [4.69, 9.17) is 9.15 Å². The summed E-state index contributed by atoms with van der Waals surface area (Å²) >= 11 is 1.06. The fourth-order valence-electron chi connectivity index (χ4n) is 2.48. The molecule has 9 heteroatoms. The molecule has 0 bridgehead atoms. The Morgan fingerprint density at radius 1 is 1.10 bits per heavy atom. The van der Waals surface area contributed by atoms with Crippen LogP contribution in [0.3, 0.4) is 0 Å². The summed E-state index contributed by atoms with van der Waals surface area (Å²) in [5, 5.41) is 4.96. The molecule has 0 fully saturated rings. The molecule has 1 atom stereocenters. The number of urea groups is 1. The number of benzene rings is 2. The van der Waals surface area contributed by atoms with Crippen LogP contribution in [0.2, 0.25) is 0 Å². The van der Waals surface area contributed by atoms with Crippen LogP contribution in [0.1, 0.15) is 18.6 Å². The van der Waals surface area contributed by atoms with Gasteiger partial charge in [0, 0.05) is 12.1 Å². The minimum atomic E-state index is -1.25. The zero-order valence-electron chi connectivity index (χ0n) is 15.6. The first-order valence-electron chi connectivity index (χ1n) is 8.88. The Bertz CT molecular complexity index is 973. The first-order valence-corrected chi connectivity index (χ1v) is 9.87. The van der Waals surface area contributed by atoms with Crippen LogP contribution in [0.25, 0.3) is 11.1 Å². The number of thioether (sulfide) groups is 1. The number of amides is 3. The van der Waals surface area contributed by atoms with Crippen LogP contribution in [-0.4, -0.2) is 35.2 Å². The highest BCUT2D eigenvalue weighted by Gasteiger charge is 2.26. The van der Waals surface area contributed by atoms with E-state index >= 15 is 0 Å². The molecule has 0 unspecified atom stereocenters. The molecule has 0 aliphatic rings. The van der Waals surface area contributed by atoms with Crippen LogP contribution in [0.4, 0.5) is 4.79 Å². The second-order valence-electron chi connectivity index (χ2n) is 5.87. The highest BCUT2D eigenvalue weighted by molar-refractivity contribution is 7.99. The molecule has 2 aromatic carbocycles. The van der Waals surface area contributed by atoms with E-state index < -0.39 is 24.0 Å². The smallest absolute Gasteiger partial charge is 0.321 e. The van der Waals surface area contributed by atoms with Gasteiger partial charge in [-0.2, -0.15) is 0 Å². The highest BCUT2D eigenvalue weighted by Crippen LogP contribution is 2.24. The number of carbonyl (C=O) groups is 3. The molecule has 1 heterocycles. The minimum absolute atomic E-state index is 0.107. The Balaban J connectivity index is 1.65. The summed E-state index contributed by atoms with van der Waals surface area (Å²) in [5.41, 5.74) is 1.76. The summed E-state index contributed by atoms with van der Waals surface area (Å²) in [6, 6.07) is 15.1. The molecular formula is C20H19N3O5S. The lowest BCUT2D eigenvalue weighted by atomic mass is 10.1. The Hall–Kier alpha value is -3.33. The molecule has 8 nitrogen and oxygen atoms in total. The van der Waals surface area contributed by atoms with Gasteiger partial charge in [-0.25, -0.2) is 9.78 Å². The van der Waals surface area contributed by atoms with Gasteiger partial charge >= 0.3 is 12.0 Å². The number of hydrogen-bond acceptors (Lipinski definition) is 7. The molecule has 0 aliphatic heterocycles. The van der Waals surface area contributed by atoms with E-state index in [1.807, 2.05) is 12.1 Å². The quantitative estimate of drug-likeness (QED) is 0.452. The fourth-order valence-corrected chi connectivity index (χ4v) is 3.10. The molecule has 0 aliphatic carbocycles. The third-order valence-electron chi connectivity index (χ3n) is 3.75. The van der Waals surface area contributed by atoms with Gasteiger partial charge in [0.15, 0.2) is 5.58 Å². The van der Waals surface area contributed by atoms with Gasteiger partial charge in [-0.3, -0.25) is 14.9 Å². The molecule has 0 radical (unpaired) electrons. The summed E-state index contributed by atoms with van der Waals surface area (Å²) < 4.78 is 10.9. The predicted octanol–water partition coefficient (Wildman–Crippen LogP) is 3.05. The van der Waals surface area contributed by atoms with E-state index in [2.05, 4.69) is 15.6 Å². The lowest BCUT2D eigenvalue weighted by Gasteiger charge is -2.17. The summed E-state index contributed by atoms with van der Waals surface area (Å²) in [7, 11) is 0. The second-order valence-corrected chi connectivity index (χ2v) is 6.79. The molecule has 0 saturated carbocycles. The summed E-state index contributed by atoms with van der Waals surface area (Å²) in [6.07, 6.45) is -1.25. The van der Waals surface area contributed by atoms with E-state index in [0.29, 0.717) is 28.4 Å². The Kier molecular flexibility index (Phi) is 6.85. The molecule has 2 N–H and O–H groups in total. The molecule has 3 rings (SSSR count). The van der Waals surface area contributed by atoms with Crippen LogP contribution in [0, 0.1) is 0 Å². The number of rotatable bonds is 7. The minimum Gasteiger partial charge on any atom is -0.447 e. The number of nitrogens with one attached hydrogen (secondary N) is 2. The number of fused-ring (bicyclic) bond motifs is 1. The predicted molar refractivity (Wildman–Crippen MR) is 107 cm³/mol. The van der Waals surface area contributed by atoms with Crippen molar-refractivity contribution in [1.29, 1.82) is 0 Å². The molecule has 150 valence electrons. The maximum atomic E-state index is 12.5. The SMILES string of the molecule is CCNC(=O)NC(=O)[C@H](OC(=O)CSc1nc2ccccc2o1)c1ccccc1. The lowest BCUT2D eigenvalue weighted by molar-refractivity contribution is -0.153. The maximum absolute atomic E-state index is 12.5. The van der Waals surface area contributed by atoms with Crippen LogP contribution >= 0.6 is 11.8 Å². The van der Waals surface area contributed by atoms with Crippen molar-refractivity contribution in [3.8, 4) is 0 Å². The molecule has 0 saturated heterocycles. The maximum Gasteiger partial charge on any atom is 0.321 e. The van der Waals surface area contributed by atoms with Crippen LogP contribution in [-0.2, 0) is 14.3 Å². The van der Waals surface area contributed by atoms with Crippen molar-refractivity contribution in [2.45, 2.75) is 18.3 Å². The van der Waals surface area contributed by atoms with E-state index in [1.165, 1.54) is 0 Å². The average Bonchev–Trinajstić information content (AvgIpc) is 3.14. The first kappa shape index (κ1) is 20.4. The molecule has 3 amide bonds. The number of nitrogens with zero attached hydrogens (tertiary/aromatic N) is 1. The number of aromatic nitrogens is 1. The van der Waals surface area contributed by atoms with Crippen LogP contribution in [0.15, 0.2) is 64.2 Å². The number of esters is 1. The molecule has 1 aromatic heterocycles. The van der Waals surface area contributed by atoms with Crippen molar-refractivity contribution in [3.63, 3.8) is 0 Å². The van der Waals surface area contributed by atoms with Crippen LogP contribution < -0.4 is 10.6 Å². The van der Waals surface area contributed by atoms with E-state index in [0.717, 1.165) is 11.8 Å². The highest BCUT2D eigenvalue weighted by atomic mass is 32.2. The standard InChI is InChI=1S/C20H19N3O5S/c1-2-21-19(26)23-18(25)17(13-8-4-3-5-9-13)28-16(24)12-29-20-22-14-10-6-7-11-15(14)27-20/h3-11,17H,2,12H2,1H3,(H2,21,23,25,26)/t17-/m1/s1. The van der Waals surface area contributed by atoms with Crippen molar-refractivity contribution in [2.75, 3.05) is 12.3 Å². The van der Waals surface area contributed by atoms with Crippen LogP contribution in [0.5, 0.6) is 0 Å². The van der Waals surface area contributed by atoms with Gasteiger partial charge in [0.05, 0.1) is 0 Å². The van der Waals surface area contributed by atoms with E-state index in [1.54, 1.807) is 49.4 Å². The van der Waals surface area contributed by atoms with Gasteiger partial charge in [0.25, 0.3) is 11.1 Å². The van der Waals surface area contributed by atoms with Gasteiger partial charge in [-0.05, 0) is 19.1 Å². The van der Waals surface area contributed by atoms with Crippen molar-refractivity contribution in [3.05, 3.63) is 60.2 Å². The van der Waals surface area contributed by atoms with Crippen molar-refractivity contribution >= 4 is 40.8 Å². The zero-order valence-corrected chi connectivity index (χ0v) is 16.4. The van der Waals surface area contributed by atoms with Gasteiger partial charge in [0.2, 0.25) is 6.10 Å². The Morgan fingerprint density at radius 3 is 2.55 bits per heavy atom. The normalized spacial score (nSPS) is 11.6. The summed E-state index contributed by atoms with van der Waals surface area (Å²) in [4.78, 5) is 40.7. The zero-order chi connectivity index (χ0) is 20.6. The Morgan fingerprint density at radius 2 is 1.83 bits per heavy atom. The topological polar surface area (TPSA) is 111 Å². The molecule has 0 spiro atoms. The second kappa shape index (κ2) is 9.74. The lowest BCUT2D eigenvalue weighted by Crippen LogP contribution is -2.42. The van der Waals surface area contributed by atoms with Crippen molar-refractivity contribution < 1.29 is 23.5 Å². The number of ether oxygens (including phenoxy) is 1. The van der Waals surface area contributed by atoms with Gasteiger partial charge in [-0.15, -0.1) is 0 Å². The fraction of sp³-hybridized carbons (Fsp3) is 0.200. The van der Waals surface area contributed by atoms with Gasteiger partial charge in [-0.1, -0.05) is 54.2 Å². The van der Waals surface area contributed by atoms with Crippen molar-refractivity contribution in [2.24, 2.45) is 0 Å². The molecular weight excluding hydrogens is 394 g/mol. The number of hydrogen-bond donors (Lipinski definition) is 2. The number of carbonyl (C=O) groups excluding carboxylic acids is 3. The van der Waals surface area contributed by atoms with Gasteiger partial charge < -0.3 is 14.5 Å². The number of oxazole rings is 1. The monoisotopic (exact) mass is 413 g/mol. The van der Waals surface area contributed by atoms with Gasteiger partial charge in [0.1, 0.15) is 11.3 Å². The Labute approximate surface area is 171 Å². The third kappa shape index (κ3) is 5.58. The molecule has 3 aromatic rings. The first-order chi connectivity index (χ1) is 14.1. The summed E-state index contributed by atoms with van der Waals surface area (Å²) in [6.45, 7) is 2.08. The average molecular weight is 413 g/mol. The molecule has 29 heavy (non-hydrogen) atoms. The number of imide groups is 1. The van der Waals surface area contributed by atoms with E-state index in [9.17, 15) is 14.4 Å². The summed E-state index contributed by atoms with van der Waals surface area (Å²) in [5.74, 6) is -1.48. The largest absolute Gasteiger partial charge is 0.447 e. The number of para-hydroxylation sites is 2. The third-order valence-corrected chi connectivity index (χ3v) is 4.55.